The molecule has 4 N–H and O–H groups in total. The number of rotatable bonds is 7. The van der Waals surface area contributed by atoms with Crippen LogP contribution in [-0.2, 0) is 10.0 Å². The summed E-state index contributed by atoms with van der Waals surface area (Å²) in [6.07, 6.45) is 0. The summed E-state index contributed by atoms with van der Waals surface area (Å²) in [5, 5.41) is 9.13. The first-order valence-corrected chi connectivity index (χ1v) is 7.69. The normalized spacial score (nSPS) is 12.2. The fourth-order valence-corrected chi connectivity index (χ4v) is 2.74. The summed E-state index contributed by atoms with van der Waals surface area (Å²) in [7, 11) is -2.45. The highest BCUT2D eigenvalue weighted by molar-refractivity contribution is 7.89. The van der Waals surface area contributed by atoms with E-state index in [0.29, 0.717) is 0 Å². The summed E-state index contributed by atoms with van der Waals surface area (Å²) >= 11 is 0. The average Bonchev–Trinajstić information content (AvgIpc) is 2.44. The predicted octanol–water partition coefficient (Wildman–Crippen LogP) is 0.0909. The van der Waals surface area contributed by atoms with Gasteiger partial charge in [0.1, 0.15) is 5.75 Å². The molecule has 0 aliphatic rings. The van der Waals surface area contributed by atoms with Gasteiger partial charge in [0.15, 0.2) is 0 Å². The van der Waals surface area contributed by atoms with Gasteiger partial charge < -0.3 is 15.6 Å². The van der Waals surface area contributed by atoms with Crippen molar-refractivity contribution in [1.82, 2.24) is 4.72 Å². The van der Waals surface area contributed by atoms with Crippen LogP contribution in [0.5, 0.6) is 5.75 Å². The van der Waals surface area contributed by atoms with Gasteiger partial charge in [-0.25, -0.2) is 13.1 Å². The van der Waals surface area contributed by atoms with Crippen molar-refractivity contribution in [2.24, 2.45) is 11.1 Å². The molecule has 0 saturated heterocycles. The monoisotopic (exact) mass is 316 g/mol. The topological polar surface area (TPSA) is 119 Å². The van der Waals surface area contributed by atoms with E-state index in [-0.39, 0.29) is 29.4 Å². The number of carbonyl (C=O) groups excluding carboxylic acids is 1. The Labute approximate surface area is 124 Å². The largest absolute Gasteiger partial charge is 0.496 e. The van der Waals surface area contributed by atoms with Gasteiger partial charge in [-0.2, -0.15) is 0 Å². The third kappa shape index (κ3) is 4.42. The van der Waals surface area contributed by atoms with Gasteiger partial charge in [-0.15, -0.1) is 0 Å². The van der Waals surface area contributed by atoms with Crippen LogP contribution >= 0.6 is 0 Å². The number of aliphatic hydroxyl groups is 1. The molecule has 0 atom stereocenters. The van der Waals surface area contributed by atoms with Gasteiger partial charge in [0.2, 0.25) is 10.0 Å². The third-order valence-corrected chi connectivity index (χ3v) is 4.31. The zero-order valence-corrected chi connectivity index (χ0v) is 13.0. The number of methoxy groups -OCH3 is 1. The maximum absolute atomic E-state index is 12.2. The van der Waals surface area contributed by atoms with Crippen molar-refractivity contribution in [2.45, 2.75) is 18.7 Å². The lowest BCUT2D eigenvalue weighted by Crippen LogP contribution is -2.36. The molecule has 0 radical (unpaired) electrons. The van der Waals surface area contributed by atoms with Crippen LogP contribution in [0.4, 0.5) is 0 Å². The number of ether oxygens (including phenoxy) is 1. The molecule has 1 aromatic rings. The molecular weight excluding hydrogens is 296 g/mol. The number of hydrogen-bond acceptors (Lipinski definition) is 5. The van der Waals surface area contributed by atoms with Crippen molar-refractivity contribution >= 4 is 15.9 Å². The van der Waals surface area contributed by atoms with Crippen LogP contribution in [0.25, 0.3) is 0 Å². The lowest BCUT2D eigenvalue weighted by molar-refractivity contribution is 0.0997. The van der Waals surface area contributed by atoms with Gasteiger partial charge in [0.05, 0.1) is 17.6 Å². The molecular formula is C13H20N2O5S. The lowest BCUT2D eigenvalue weighted by atomic mass is 9.96. The Morgan fingerprint density at radius 3 is 2.52 bits per heavy atom. The third-order valence-electron chi connectivity index (χ3n) is 2.92. The summed E-state index contributed by atoms with van der Waals surface area (Å²) in [5.41, 5.74) is 4.60. The number of benzene rings is 1. The van der Waals surface area contributed by atoms with Gasteiger partial charge in [0.25, 0.3) is 5.91 Å². The van der Waals surface area contributed by atoms with E-state index < -0.39 is 21.3 Å². The molecule has 0 fully saturated rings. The molecule has 0 unspecified atom stereocenters. The highest BCUT2D eigenvalue weighted by Gasteiger charge is 2.23. The number of carbonyl (C=O) groups is 1. The zero-order valence-electron chi connectivity index (χ0n) is 12.2. The fourth-order valence-electron chi connectivity index (χ4n) is 1.48. The maximum atomic E-state index is 12.2. The van der Waals surface area contributed by atoms with Gasteiger partial charge in [-0.1, -0.05) is 13.8 Å². The molecule has 0 bridgehead atoms. The van der Waals surface area contributed by atoms with Crippen molar-refractivity contribution < 1.29 is 23.1 Å². The molecule has 0 spiro atoms. The standard InChI is InChI=1S/C13H20N2O5S/c1-13(2,8-16)7-15-21(18,19)9-4-5-11(20-3)10(6-9)12(14)17/h4-6,15-16H,7-8H2,1-3H3,(H2,14,17). The van der Waals surface area contributed by atoms with Crippen molar-refractivity contribution in [3.8, 4) is 5.75 Å². The second kappa shape index (κ2) is 6.42. The van der Waals surface area contributed by atoms with Gasteiger partial charge in [-0.05, 0) is 18.2 Å². The molecule has 1 rings (SSSR count). The first-order valence-electron chi connectivity index (χ1n) is 6.21. The predicted molar refractivity (Wildman–Crippen MR) is 77.6 cm³/mol. The summed E-state index contributed by atoms with van der Waals surface area (Å²) in [6, 6.07) is 3.85. The SMILES string of the molecule is COc1ccc(S(=O)(=O)NCC(C)(C)CO)cc1C(N)=O. The number of hydrogen-bond donors (Lipinski definition) is 3. The van der Waals surface area contributed by atoms with Crippen molar-refractivity contribution in [3.05, 3.63) is 23.8 Å². The van der Waals surface area contributed by atoms with Crippen LogP contribution in [0, 0.1) is 5.41 Å². The van der Waals surface area contributed by atoms with Gasteiger partial charge in [0, 0.05) is 18.6 Å². The molecule has 118 valence electrons. The minimum atomic E-state index is -3.81. The van der Waals surface area contributed by atoms with Crippen molar-refractivity contribution in [2.75, 3.05) is 20.3 Å². The van der Waals surface area contributed by atoms with Crippen LogP contribution in [0.15, 0.2) is 23.1 Å². The second-order valence-electron chi connectivity index (χ2n) is 5.37. The van der Waals surface area contributed by atoms with E-state index in [4.69, 9.17) is 15.6 Å². The molecule has 1 aromatic carbocycles. The highest BCUT2D eigenvalue weighted by atomic mass is 32.2. The average molecular weight is 316 g/mol. The molecule has 0 saturated carbocycles. The van der Waals surface area contributed by atoms with Crippen LogP contribution in [0.1, 0.15) is 24.2 Å². The summed E-state index contributed by atoms with van der Waals surface area (Å²) < 4.78 is 31.7. The van der Waals surface area contributed by atoms with E-state index in [2.05, 4.69) is 4.72 Å². The molecule has 0 heterocycles. The molecule has 8 heteroatoms. The molecule has 0 aliphatic carbocycles. The Morgan fingerprint density at radius 2 is 2.05 bits per heavy atom. The minimum absolute atomic E-state index is 0.0122. The van der Waals surface area contributed by atoms with E-state index in [1.165, 1.54) is 19.2 Å². The number of nitrogens with two attached hydrogens (primary N) is 1. The number of primary amides is 1. The molecule has 21 heavy (non-hydrogen) atoms. The number of aliphatic hydroxyl groups excluding tert-OH is 1. The quantitative estimate of drug-likeness (QED) is 0.659. The van der Waals surface area contributed by atoms with E-state index >= 15 is 0 Å². The van der Waals surface area contributed by atoms with E-state index in [9.17, 15) is 13.2 Å². The first-order chi connectivity index (χ1) is 9.63. The summed E-state index contributed by atoms with van der Waals surface area (Å²) in [5.74, 6) is -0.572. The van der Waals surface area contributed by atoms with Crippen molar-refractivity contribution in [3.63, 3.8) is 0 Å². The second-order valence-corrected chi connectivity index (χ2v) is 7.14. The minimum Gasteiger partial charge on any atom is -0.496 e. The first kappa shape index (κ1) is 17.4. The van der Waals surface area contributed by atoms with Crippen LogP contribution in [-0.4, -0.2) is 39.7 Å². The van der Waals surface area contributed by atoms with Gasteiger partial charge in [-0.3, -0.25) is 4.79 Å². The molecule has 1 amide bonds. The van der Waals surface area contributed by atoms with E-state index in [1.807, 2.05) is 0 Å². The Kier molecular flexibility index (Phi) is 5.32. The lowest BCUT2D eigenvalue weighted by Gasteiger charge is -2.21. The molecule has 0 aliphatic heterocycles. The van der Waals surface area contributed by atoms with Crippen LogP contribution in [0.3, 0.4) is 0 Å². The fraction of sp³-hybridized carbons (Fsp3) is 0.462. The number of sulfonamides is 1. The van der Waals surface area contributed by atoms with Crippen molar-refractivity contribution in [1.29, 1.82) is 0 Å². The smallest absolute Gasteiger partial charge is 0.252 e. The summed E-state index contributed by atoms with van der Waals surface area (Å²) in [4.78, 5) is 11.2. The Bertz CT molecular complexity index is 625. The van der Waals surface area contributed by atoms with Crippen LogP contribution in [0.2, 0.25) is 0 Å². The number of nitrogens with one attached hydrogen (secondary N) is 1. The van der Waals surface area contributed by atoms with Crippen LogP contribution < -0.4 is 15.2 Å². The maximum Gasteiger partial charge on any atom is 0.252 e. The summed E-state index contributed by atoms with van der Waals surface area (Å²) in [6.45, 7) is 3.34. The van der Waals surface area contributed by atoms with E-state index in [1.54, 1.807) is 13.8 Å². The molecule has 7 nitrogen and oxygen atoms in total. The number of amides is 1. The Morgan fingerprint density at radius 1 is 1.43 bits per heavy atom. The van der Waals surface area contributed by atoms with Gasteiger partial charge >= 0.3 is 0 Å². The van der Waals surface area contributed by atoms with E-state index in [0.717, 1.165) is 6.07 Å². The highest BCUT2D eigenvalue weighted by Crippen LogP contribution is 2.22. The Hall–Kier alpha value is -1.64. The zero-order chi connectivity index (χ0) is 16.3. The molecule has 0 aromatic heterocycles. The Balaban J connectivity index is 3.09.